The zero-order valence-electron chi connectivity index (χ0n) is 9.32. The van der Waals surface area contributed by atoms with Gasteiger partial charge in [-0.05, 0) is 0 Å². The molecule has 1 aliphatic heterocycles. The molecule has 0 N–H and O–H groups in total. The van der Waals surface area contributed by atoms with Gasteiger partial charge in [0.05, 0.1) is 5.92 Å². The van der Waals surface area contributed by atoms with Crippen LogP contribution < -0.4 is 0 Å². The molecule has 0 amide bonds. The summed E-state index contributed by atoms with van der Waals surface area (Å²) in [6, 6.07) is 0. The number of cyclic esters (lactones) is 1. The van der Waals surface area contributed by atoms with Gasteiger partial charge in [0, 0.05) is 12.8 Å². The molecule has 0 aromatic heterocycles. The second kappa shape index (κ2) is 5.81. The molecule has 92 valence electrons. The number of hydrogen-bond acceptors (Lipinski definition) is 5. The van der Waals surface area contributed by atoms with Gasteiger partial charge in [0.15, 0.2) is 5.60 Å². The molecule has 1 fully saturated rings. The fourth-order valence-corrected chi connectivity index (χ4v) is 1.95. The van der Waals surface area contributed by atoms with Crippen LogP contribution in [0, 0.1) is 5.92 Å². The summed E-state index contributed by atoms with van der Waals surface area (Å²) in [5, 5.41) is 0. The zero-order valence-corrected chi connectivity index (χ0v) is 11.5. The number of rotatable bonds is 5. The van der Waals surface area contributed by atoms with E-state index in [9.17, 15) is 9.59 Å². The molecule has 0 bridgehead atoms. The summed E-state index contributed by atoms with van der Waals surface area (Å²) in [5.74, 6) is -0.750. The van der Waals surface area contributed by atoms with Crippen molar-refractivity contribution < 1.29 is 22.1 Å². The van der Waals surface area contributed by atoms with Crippen LogP contribution in [0.25, 0.3) is 0 Å². The Morgan fingerprint density at radius 1 is 1.56 bits per heavy atom. The van der Waals surface area contributed by atoms with E-state index in [1.54, 1.807) is 36.9 Å². The van der Waals surface area contributed by atoms with Crippen LogP contribution >= 0.6 is 23.0 Å². The molecule has 0 spiro atoms. The van der Waals surface area contributed by atoms with Crippen molar-refractivity contribution in [1.29, 1.82) is 0 Å². The van der Waals surface area contributed by atoms with Gasteiger partial charge in [0.2, 0.25) is 0 Å². The van der Waals surface area contributed by atoms with Crippen molar-refractivity contribution >= 4 is 34.9 Å². The number of halogens is 1. The van der Waals surface area contributed by atoms with E-state index in [-0.39, 0.29) is 31.1 Å². The molecule has 0 aromatic rings. The number of ether oxygens (including phenoxy) is 2. The first-order valence-corrected chi connectivity index (χ1v) is 5.99. The van der Waals surface area contributed by atoms with E-state index >= 15 is 0 Å². The third-order valence-corrected chi connectivity index (χ3v) is 2.69. The van der Waals surface area contributed by atoms with Gasteiger partial charge < -0.3 is 12.5 Å². The largest absolute Gasteiger partial charge is 0.461 e. The maximum absolute atomic E-state index is 11.3. The third kappa shape index (κ3) is 3.58. The second-order valence-electron chi connectivity index (χ2n) is 4.17. The van der Waals surface area contributed by atoms with Gasteiger partial charge in [-0.1, -0.05) is 13.8 Å². The molecule has 0 aromatic carbocycles. The first-order valence-electron chi connectivity index (χ1n) is 5.11. The van der Waals surface area contributed by atoms with Gasteiger partial charge in [-0.15, -0.1) is 0 Å². The third-order valence-electron chi connectivity index (χ3n) is 2.38. The van der Waals surface area contributed by atoms with Crippen LogP contribution in [0.5, 0.6) is 0 Å². The normalized spacial score (nSPS) is 24.6. The summed E-state index contributed by atoms with van der Waals surface area (Å²) < 4.78 is 15.2. The Morgan fingerprint density at radius 3 is 2.69 bits per heavy atom. The van der Waals surface area contributed by atoms with Crippen LogP contribution in [0.3, 0.4) is 0 Å². The maximum Gasteiger partial charge on any atom is 0.308 e. The van der Waals surface area contributed by atoms with Crippen LogP contribution in [0.4, 0.5) is 0 Å². The lowest BCUT2D eigenvalue weighted by atomic mass is 10.0. The van der Waals surface area contributed by atoms with Gasteiger partial charge in [-0.2, -0.15) is 0 Å². The molecule has 1 unspecified atom stereocenters. The van der Waals surface area contributed by atoms with E-state index in [0.29, 0.717) is 12.8 Å². The van der Waals surface area contributed by atoms with Crippen LogP contribution in [-0.4, -0.2) is 30.8 Å². The Balaban J connectivity index is 2.52. The first kappa shape index (κ1) is 13.7. The lowest BCUT2D eigenvalue weighted by Gasteiger charge is -2.25. The predicted molar refractivity (Wildman–Crippen MR) is 63.8 cm³/mol. The molecule has 0 saturated carbocycles. The highest BCUT2D eigenvalue weighted by Gasteiger charge is 2.42. The van der Waals surface area contributed by atoms with Crippen LogP contribution in [0.15, 0.2) is 0 Å². The number of carbonyl (C=O) groups is 2. The van der Waals surface area contributed by atoms with Gasteiger partial charge in [0.25, 0.3) is 0 Å². The van der Waals surface area contributed by atoms with E-state index in [4.69, 9.17) is 12.5 Å². The summed E-state index contributed by atoms with van der Waals surface area (Å²) in [4.78, 5) is 22.4. The molecule has 0 radical (unpaired) electrons. The molecule has 6 heteroatoms. The lowest BCUT2D eigenvalue weighted by Crippen LogP contribution is -2.40. The van der Waals surface area contributed by atoms with Crippen LogP contribution in [0.1, 0.15) is 26.7 Å². The molecule has 5 nitrogen and oxygen atoms in total. The Kier molecular flexibility index (Phi) is 4.97. The van der Waals surface area contributed by atoms with Crippen molar-refractivity contribution in [3.63, 3.8) is 0 Å². The van der Waals surface area contributed by atoms with Crippen molar-refractivity contribution in [2.75, 3.05) is 13.2 Å². The minimum atomic E-state index is -0.789. The Morgan fingerprint density at radius 2 is 2.25 bits per heavy atom. The quantitative estimate of drug-likeness (QED) is 0.561. The summed E-state index contributed by atoms with van der Waals surface area (Å²) >= 11 is 1.73. The predicted octanol–water partition coefficient (Wildman–Crippen LogP) is 1.63. The fraction of sp³-hybridized carbons (Fsp3) is 0.800. The molecule has 1 rings (SSSR count). The van der Waals surface area contributed by atoms with E-state index in [2.05, 4.69) is 0 Å². The van der Waals surface area contributed by atoms with Gasteiger partial charge >= 0.3 is 11.9 Å². The van der Waals surface area contributed by atoms with E-state index in [1.807, 2.05) is 0 Å². The summed E-state index contributed by atoms with van der Waals surface area (Å²) in [7, 11) is 0. The molecule has 16 heavy (non-hydrogen) atoms. The van der Waals surface area contributed by atoms with E-state index in [1.165, 1.54) is 0 Å². The van der Waals surface area contributed by atoms with Gasteiger partial charge in [-0.3, -0.25) is 9.59 Å². The zero-order chi connectivity index (χ0) is 12.2. The molecule has 1 aliphatic rings. The molecular weight excluding hydrogens is 327 g/mol. The highest BCUT2D eigenvalue weighted by molar-refractivity contribution is 14.1. The molecule has 1 atom stereocenters. The van der Waals surface area contributed by atoms with E-state index in [0.717, 1.165) is 0 Å². The number of carbonyl (C=O) groups excluding carboxylic acids is 2. The van der Waals surface area contributed by atoms with Gasteiger partial charge in [0.1, 0.15) is 36.2 Å². The highest BCUT2D eigenvalue weighted by Crippen LogP contribution is 2.28. The first-order chi connectivity index (χ1) is 7.49. The molecular formula is C10H15IO5. The minimum absolute atomic E-state index is 0.0682. The van der Waals surface area contributed by atoms with Crippen molar-refractivity contribution in [3.05, 3.63) is 0 Å². The summed E-state index contributed by atoms with van der Waals surface area (Å²) in [5.41, 5.74) is -0.789. The maximum atomic E-state index is 11.3. The standard InChI is InChI=1S/C10H15IO5/c1-7(2)9(13)14-5-10(6-15-11)4-3-8(12)16-10/h7H,3-6H2,1-2H3. The highest BCUT2D eigenvalue weighted by atomic mass is 127. The topological polar surface area (TPSA) is 61.8 Å². The Bertz CT molecular complexity index is 278. The van der Waals surface area contributed by atoms with Crippen molar-refractivity contribution in [2.45, 2.75) is 32.3 Å². The van der Waals surface area contributed by atoms with Crippen LogP contribution in [-0.2, 0) is 22.1 Å². The smallest absolute Gasteiger partial charge is 0.308 e. The van der Waals surface area contributed by atoms with E-state index < -0.39 is 5.60 Å². The lowest BCUT2D eigenvalue weighted by molar-refractivity contribution is -0.166. The molecule has 1 saturated heterocycles. The number of hydrogen-bond donors (Lipinski definition) is 0. The molecule has 0 aliphatic carbocycles. The Hall–Kier alpha value is -0.370. The fourth-order valence-electron chi connectivity index (χ4n) is 1.39. The average Bonchev–Trinajstić information content (AvgIpc) is 2.58. The molecule has 1 heterocycles. The monoisotopic (exact) mass is 342 g/mol. The van der Waals surface area contributed by atoms with Crippen LogP contribution in [0.2, 0.25) is 0 Å². The summed E-state index contributed by atoms with van der Waals surface area (Å²) in [6.45, 7) is 3.82. The van der Waals surface area contributed by atoms with Gasteiger partial charge in [-0.25, -0.2) is 0 Å². The van der Waals surface area contributed by atoms with Crippen molar-refractivity contribution in [2.24, 2.45) is 5.92 Å². The summed E-state index contributed by atoms with van der Waals surface area (Å²) in [6.07, 6.45) is 0.874. The second-order valence-corrected chi connectivity index (χ2v) is 4.80. The van der Waals surface area contributed by atoms with Crippen molar-refractivity contribution in [3.8, 4) is 0 Å². The average molecular weight is 342 g/mol. The Labute approximate surface area is 108 Å². The SMILES string of the molecule is CC(C)C(=O)OCC1(COI)CCC(=O)O1. The van der Waals surface area contributed by atoms with Crippen molar-refractivity contribution in [1.82, 2.24) is 0 Å². The number of esters is 2. The minimum Gasteiger partial charge on any atom is -0.461 e.